The zero-order chi connectivity index (χ0) is 29.3. The molecule has 5 rings (SSSR count). The molecule has 1 aromatic heterocycles. The molecule has 1 heterocycles. The van der Waals surface area contributed by atoms with Gasteiger partial charge in [-0.2, -0.15) is 0 Å². The van der Waals surface area contributed by atoms with Crippen molar-refractivity contribution in [1.29, 1.82) is 0 Å². The van der Waals surface area contributed by atoms with E-state index in [1.165, 1.54) is 47.9 Å². The van der Waals surface area contributed by atoms with Gasteiger partial charge in [-0.3, -0.25) is 0 Å². The van der Waals surface area contributed by atoms with Crippen LogP contribution in [0, 0.1) is 18.8 Å². The van der Waals surface area contributed by atoms with Gasteiger partial charge in [-0.05, 0) is 65.0 Å². The molecule has 0 saturated heterocycles. The summed E-state index contributed by atoms with van der Waals surface area (Å²) in [6.07, 6.45) is 6.99. The maximum absolute atomic E-state index is 4.42. The van der Waals surface area contributed by atoms with Crippen molar-refractivity contribution in [2.75, 3.05) is 19.0 Å². The summed E-state index contributed by atoms with van der Waals surface area (Å²) in [4.78, 5) is 10.8. The molecule has 0 radical (unpaired) electrons. The predicted octanol–water partition coefficient (Wildman–Crippen LogP) is 10.1. The molecule has 3 aromatic carbocycles. The fourth-order valence-electron chi connectivity index (χ4n) is 5.04. The Bertz CT molecular complexity index is 1300. The van der Waals surface area contributed by atoms with Gasteiger partial charge in [-0.25, -0.2) is 9.97 Å². The minimum Gasteiger partial charge on any atom is -0.362 e. The van der Waals surface area contributed by atoms with E-state index in [1.807, 2.05) is 50.2 Å². The van der Waals surface area contributed by atoms with E-state index in [-0.39, 0.29) is 5.41 Å². The quantitative estimate of drug-likeness (QED) is 0.260. The van der Waals surface area contributed by atoms with E-state index in [0.717, 1.165) is 40.8 Å². The molecule has 214 valence electrons. The maximum Gasteiger partial charge on any atom is 0.139 e. The van der Waals surface area contributed by atoms with Gasteiger partial charge in [0.05, 0.1) is 5.52 Å². The lowest BCUT2D eigenvalue weighted by Gasteiger charge is -2.22. The summed E-state index contributed by atoms with van der Waals surface area (Å²) in [7, 11) is 3.99. The van der Waals surface area contributed by atoms with Gasteiger partial charge in [0.1, 0.15) is 11.6 Å². The third-order valence-electron chi connectivity index (χ3n) is 7.87. The third-order valence-corrected chi connectivity index (χ3v) is 7.87. The number of nitrogens with zero attached hydrogens (tertiary/aromatic N) is 3. The van der Waals surface area contributed by atoms with Crippen LogP contribution in [0.4, 0.5) is 5.82 Å². The van der Waals surface area contributed by atoms with Crippen molar-refractivity contribution in [3.8, 4) is 11.1 Å². The molecule has 40 heavy (non-hydrogen) atoms. The molecule has 0 spiro atoms. The normalized spacial score (nSPS) is 16.8. The van der Waals surface area contributed by atoms with Crippen molar-refractivity contribution < 1.29 is 0 Å². The summed E-state index contributed by atoms with van der Waals surface area (Å²) in [6, 6.07) is 25.8. The molecule has 1 aliphatic rings. The first-order valence-corrected chi connectivity index (χ1v) is 15.1. The van der Waals surface area contributed by atoms with Crippen LogP contribution >= 0.6 is 0 Å². The molecule has 0 amide bonds. The molecule has 1 saturated carbocycles. The van der Waals surface area contributed by atoms with Crippen molar-refractivity contribution >= 4 is 16.7 Å². The van der Waals surface area contributed by atoms with Gasteiger partial charge in [-0.1, -0.05) is 128 Å². The lowest BCUT2D eigenvalue weighted by molar-refractivity contribution is 0.308. The van der Waals surface area contributed by atoms with Gasteiger partial charge in [-0.15, -0.1) is 0 Å². The van der Waals surface area contributed by atoms with E-state index >= 15 is 0 Å². The van der Waals surface area contributed by atoms with Crippen LogP contribution in [0.25, 0.3) is 22.0 Å². The molecule has 0 N–H and O–H groups in total. The zero-order valence-corrected chi connectivity index (χ0v) is 26.5. The van der Waals surface area contributed by atoms with Gasteiger partial charge in [0.15, 0.2) is 0 Å². The number of benzene rings is 3. The standard InChI is InChI=1S/C18H22.C11H13N3.C8H16/c1-5-14-6-8-15(9-7-14)16-10-12-17(13-11-16)18(2,3)4;1-8-12-10-7-5-4-6-9(10)11(13-8)14(2)3;1-7-3-5-8(2)6-4-7/h6-13H,5H2,1-4H3;4-7H,1-3H3;7-8H,3-6H2,1-2H3. The lowest BCUT2D eigenvalue weighted by atomic mass is 9.84. The number of hydrogen-bond donors (Lipinski definition) is 0. The van der Waals surface area contributed by atoms with Crippen molar-refractivity contribution in [3.63, 3.8) is 0 Å². The van der Waals surface area contributed by atoms with Gasteiger partial charge >= 0.3 is 0 Å². The van der Waals surface area contributed by atoms with Crippen LogP contribution < -0.4 is 4.90 Å². The number of rotatable bonds is 3. The highest BCUT2D eigenvalue weighted by atomic mass is 15.1. The average Bonchev–Trinajstić information content (AvgIpc) is 2.94. The Balaban J connectivity index is 0.000000178. The summed E-state index contributed by atoms with van der Waals surface area (Å²) in [5.41, 5.74) is 6.61. The highest BCUT2D eigenvalue weighted by molar-refractivity contribution is 5.89. The van der Waals surface area contributed by atoms with Crippen molar-refractivity contribution in [1.82, 2.24) is 9.97 Å². The largest absolute Gasteiger partial charge is 0.362 e. The summed E-state index contributed by atoms with van der Waals surface area (Å²) >= 11 is 0. The minimum absolute atomic E-state index is 0.227. The molecule has 0 aliphatic heterocycles. The van der Waals surface area contributed by atoms with E-state index in [2.05, 4.69) is 100 Å². The van der Waals surface area contributed by atoms with Crippen LogP contribution in [0.3, 0.4) is 0 Å². The minimum atomic E-state index is 0.227. The number of aryl methyl sites for hydroxylation is 2. The first-order chi connectivity index (χ1) is 19.0. The van der Waals surface area contributed by atoms with Crippen LogP contribution in [0.15, 0.2) is 72.8 Å². The lowest BCUT2D eigenvalue weighted by Crippen LogP contribution is -2.12. The molecule has 0 unspecified atom stereocenters. The molecule has 1 fully saturated rings. The molecule has 4 aromatic rings. The smallest absolute Gasteiger partial charge is 0.139 e. The van der Waals surface area contributed by atoms with E-state index in [9.17, 15) is 0 Å². The topological polar surface area (TPSA) is 29.0 Å². The van der Waals surface area contributed by atoms with Crippen LogP contribution in [-0.4, -0.2) is 24.1 Å². The van der Waals surface area contributed by atoms with Gasteiger partial charge in [0.25, 0.3) is 0 Å². The second kappa shape index (κ2) is 14.4. The summed E-state index contributed by atoms with van der Waals surface area (Å²) in [5, 5.41) is 1.10. The van der Waals surface area contributed by atoms with E-state index in [0.29, 0.717) is 0 Å². The highest BCUT2D eigenvalue weighted by Crippen LogP contribution is 2.28. The number of para-hydroxylation sites is 1. The number of hydrogen-bond acceptors (Lipinski definition) is 3. The first-order valence-electron chi connectivity index (χ1n) is 15.1. The fourth-order valence-corrected chi connectivity index (χ4v) is 5.04. The van der Waals surface area contributed by atoms with E-state index in [1.54, 1.807) is 0 Å². The first kappa shape index (κ1) is 31.3. The second-order valence-corrected chi connectivity index (χ2v) is 12.7. The Morgan fingerprint density at radius 1 is 0.725 bits per heavy atom. The monoisotopic (exact) mass is 537 g/mol. The Morgan fingerprint density at radius 3 is 1.70 bits per heavy atom. The molecule has 3 nitrogen and oxygen atoms in total. The van der Waals surface area contributed by atoms with Crippen molar-refractivity contribution in [2.24, 2.45) is 11.8 Å². The molecule has 1 aliphatic carbocycles. The van der Waals surface area contributed by atoms with Gasteiger partial charge < -0.3 is 4.90 Å². The van der Waals surface area contributed by atoms with Crippen molar-refractivity contribution in [2.45, 2.75) is 86.0 Å². The summed E-state index contributed by atoms with van der Waals surface area (Å²) < 4.78 is 0. The maximum atomic E-state index is 4.42. The molecular formula is C37H51N3. The fraction of sp³-hybridized carbons (Fsp3) is 0.459. The summed E-state index contributed by atoms with van der Waals surface area (Å²) in [6.45, 7) is 15.6. The zero-order valence-electron chi connectivity index (χ0n) is 26.5. The summed E-state index contributed by atoms with van der Waals surface area (Å²) in [5.74, 6) is 3.83. The number of anilines is 1. The van der Waals surface area contributed by atoms with E-state index in [4.69, 9.17) is 0 Å². The number of aromatic nitrogens is 2. The SMILES string of the molecule is CC1CCC(C)CC1.CCc1ccc(-c2ccc(C(C)(C)C)cc2)cc1.Cc1nc(N(C)C)c2ccccc2n1. The van der Waals surface area contributed by atoms with Crippen LogP contribution in [0.2, 0.25) is 0 Å². The van der Waals surface area contributed by atoms with E-state index < -0.39 is 0 Å². The Kier molecular flexibility index (Phi) is 11.3. The number of fused-ring (bicyclic) bond motifs is 1. The van der Waals surface area contributed by atoms with Gasteiger partial charge in [0, 0.05) is 19.5 Å². The Labute approximate surface area is 244 Å². The molecule has 3 heteroatoms. The Hall–Kier alpha value is -3.20. The van der Waals surface area contributed by atoms with Gasteiger partial charge in [0.2, 0.25) is 0 Å². The Morgan fingerprint density at radius 2 is 1.23 bits per heavy atom. The van der Waals surface area contributed by atoms with Crippen LogP contribution in [0.1, 0.15) is 84.2 Å². The average molecular weight is 538 g/mol. The molecule has 0 atom stereocenters. The second-order valence-electron chi connectivity index (χ2n) is 12.7. The van der Waals surface area contributed by atoms with Crippen LogP contribution in [-0.2, 0) is 11.8 Å². The molecular weight excluding hydrogens is 486 g/mol. The molecule has 0 bridgehead atoms. The van der Waals surface area contributed by atoms with Crippen molar-refractivity contribution in [3.05, 3.63) is 89.7 Å². The third kappa shape index (κ3) is 9.18. The highest BCUT2D eigenvalue weighted by Gasteiger charge is 2.14. The van der Waals surface area contributed by atoms with Crippen LogP contribution in [0.5, 0.6) is 0 Å². The predicted molar refractivity (Wildman–Crippen MR) is 175 cm³/mol.